The van der Waals surface area contributed by atoms with Crippen LogP contribution in [-0.4, -0.2) is 33.2 Å². The Labute approximate surface area is 154 Å². The van der Waals surface area contributed by atoms with Gasteiger partial charge in [-0.15, -0.1) is 0 Å². The minimum Gasteiger partial charge on any atom is -0.462 e. The van der Waals surface area contributed by atoms with Crippen LogP contribution < -0.4 is 10.9 Å². The number of carbonyl (C=O) groups excluding carboxylic acids is 2. The number of aromatic nitrogens is 3. The van der Waals surface area contributed by atoms with Crippen molar-refractivity contribution in [2.45, 2.75) is 46.1 Å². The van der Waals surface area contributed by atoms with Gasteiger partial charge in [0.1, 0.15) is 10.9 Å². The van der Waals surface area contributed by atoms with E-state index < -0.39 is 17.9 Å². The molecule has 0 fully saturated rings. The molecule has 1 amide bonds. The summed E-state index contributed by atoms with van der Waals surface area (Å²) >= 11 is 1.05. The Morgan fingerprint density at radius 1 is 1.42 bits per heavy atom. The van der Waals surface area contributed by atoms with E-state index in [1.54, 1.807) is 26.8 Å². The van der Waals surface area contributed by atoms with Crippen LogP contribution in [0.3, 0.4) is 0 Å². The summed E-state index contributed by atoms with van der Waals surface area (Å²) in [5, 5.41) is 7.29. The van der Waals surface area contributed by atoms with Crippen molar-refractivity contribution in [3.8, 4) is 0 Å². The van der Waals surface area contributed by atoms with Crippen molar-refractivity contribution < 1.29 is 14.3 Å². The van der Waals surface area contributed by atoms with Crippen molar-refractivity contribution >= 4 is 28.3 Å². The number of esters is 1. The summed E-state index contributed by atoms with van der Waals surface area (Å²) in [5.74, 6) is -0.880. The number of fused-ring (bicyclic) bond motifs is 1. The first-order valence-electron chi connectivity index (χ1n) is 8.47. The first-order valence-corrected chi connectivity index (χ1v) is 9.29. The van der Waals surface area contributed by atoms with Gasteiger partial charge in [-0.3, -0.25) is 9.59 Å². The van der Waals surface area contributed by atoms with Gasteiger partial charge in [-0.05, 0) is 45.6 Å². The fraction of sp³-hybridized carbons (Fsp3) is 0.471. The molecule has 2 aromatic rings. The highest BCUT2D eigenvalue weighted by Gasteiger charge is 2.23. The molecule has 3 rings (SSSR count). The summed E-state index contributed by atoms with van der Waals surface area (Å²) in [7, 11) is 0. The molecule has 138 valence electrons. The van der Waals surface area contributed by atoms with Crippen LogP contribution in [0.25, 0.3) is 0 Å². The SMILES string of the molecule is CCOC(=O)c1sc(NC(=O)C(C)n2nc3c(cc2=O)CCC3)nc1C. The van der Waals surface area contributed by atoms with Crippen LogP contribution in [-0.2, 0) is 22.4 Å². The second-order valence-corrected chi connectivity index (χ2v) is 7.07. The summed E-state index contributed by atoms with van der Waals surface area (Å²) in [5.41, 5.74) is 2.03. The maximum Gasteiger partial charge on any atom is 0.350 e. The summed E-state index contributed by atoms with van der Waals surface area (Å²) in [6.07, 6.45) is 2.65. The smallest absolute Gasteiger partial charge is 0.350 e. The van der Waals surface area contributed by atoms with Crippen LogP contribution in [0.4, 0.5) is 5.13 Å². The standard InChI is InChI=1S/C17H20N4O4S/c1-4-25-16(24)14-9(2)18-17(26-14)19-15(23)10(3)21-13(22)8-11-6-5-7-12(11)20-21/h8,10H,4-7H2,1-3H3,(H,18,19,23). The van der Waals surface area contributed by atoms with Crippen LogP contribution in [0.5, 0.6) is 0 Å². The Morgan fingerprint density at radius 2 is 2.19 bits per heavy atom. The van der Waals surface area contributed by atoms with E-state index in [1.165, 1.54) is 4.68 Å². The second kappa shape index (κ2) is 7.36. The zero-order valence-electron chi connectivity index (χ0n) is 14.9. The molecule has 1 aliphatic carbocycles. The molecule has 1 aliphatic rings. The third kappa shape index (κ3) is 3.52. The Kier molecular flexibility index (Phi) is 5.17. The fourth-order valence-corrected chi connectivity index (χ4v) is 3.71. The maximum atomic E-state index is 12.5. The largest absolute Gasteiger partial charge is 0.462 e. The van der Waals surface area contributed by atoms with Gasteiger partial charge >= 0.3 is 5.97 Å². The van der Waals surface area contributed by atoms with Crippen LogP contribution in [0.15, 0.2) is 10.9 Å². The van der Waals surface area contributed by atoms with Crippen molar-refractivity contribution in [3.05, 3.63) is 38.2 Å². The predicted molar refractivity (Wildman–Crippen MR) is 96.7 cm³/mol. The molecule has 26 heavy (non-hydrogen) atoms. The lowest BCUT2D eigenvalue weighted by Gasteiger charge is -2.14. The van der Waals surface area contributed by atoms with Gasteiger partial charge in [0.2, 0.25) is 0 Å². The lowest BCUT2D eigenvalue weighted by molar-refractivity contribution is -0.119. The summed E-state index contributed by atoms with van der Waals surface area (Å²) in [6, 6.07) is 0.773. The molecule has 0 spiro atoms. The Bertz CT molecular complexity index is 918. The molecular formula is C17H20N4O4S. The number of aryl methyl sites for hydroxylation is 3. The van der Waals surface area contributed by atoms with Crippen LogP contribution in [0.1, 0.15) is 52.9 Å². The fourth-order valence-electron chi connectivity index (χ4n) is 2.85. The molecule has 8 nitrogen and oxygen atoms in total. The Morgan fingerprint density at radius 3 is 2.92 bits per heavy atom. The molecule has 0 saturated heterocycles. The van der Waals surface area contributed by atoms with E-state index in [9.17, 15) is 14.4 Å². The molecule has 0 bridgehead atoms. The summed E-state index contributed by atoms with van der Waals surface area (Å²) in [4.78, 5) is 41.2. The zero-order valence-corrected chi connectivity index (χ0v) is 15.7. The number of hydrogen-bond acceptors (Lipinski definition) is 7. The Hall–Kier alpha value is -2.55. The van der Waals surface area contributed by atoms with Gasteiger partial charge in [0.15, 0.2) is 5.13 Å². The molecule has 0 saturated carbocycles. The zero-order chi connectivity index (χ0) is 18.8. The van der Waals surface area contributed by atoms with Crippen molar-refractivity contribution in [2.24, 2.45) is 0 Å². The monoisotopic (exact) mass is 376 g/mol. The average molecular weight is 376 g/mol. The van der Waals surface area contributed by atoms with E-state index in [-0.39, 0.29) is 17.3 Å². The molecule has 0 aromatic carbocycles. The summed E-state index contributed by atoms with van der Waals surface area (Å²) in [6.45, 7) is 5.27. The van der Waals surface area contributed by atoms with Crippen LogP contribution in [0, 0.1) is 6.92 Å². The molecule has 1 atom stereocenters. The van der Waals surface area contributed by atoms with Gasteiger partial charge in [-0.1, -0.05) is 11.3 Å². The van der Waals surface area contributed by atoms with Crippen LogP contribution in [0.2, 0.25) is 0 Å². The van der Waals surface area contributed by atoms with Gasteiger partial charge < -0.3 is 10.1 Å². The number of amides is 1. The van der Waals surface area contributed by atoms with Crippen LogP contribution >= 0.6 is 11.3 Å². The number of nitrogens with one attached hydrogen (secondary N) is 1. The van der Waals surface area contributed by atoms with E-state index in [0.29, 0.717) is 10.6 Å². The summed E-state index contributed by atoms with van der Waals surface area (Å²) < 4.78 is 6.17. The highest BCUT2D eigenvalue weighted by molar-refractivity contribution is 7.17. The third-order valence-electron chi connectivity index (χ3n) is 4.22. The highest BCUT2D eigenvalue weighted by atomic mass is 32.1. The van der Waals surface area contributed by atoms with Crippen molar-refractivity contribution in [1.29, 1.82) is 0 Å². The van der Waals surface area contributed by atoms with Gasteiger partial charge in [-0.2, -0.15) is 5.10 Å². The number of carbonyl (C=O) groups is 2. The number of ether oxygens (including phenoxy) is 1. The highest BCUT2D eigenvalue weighted by Crippen LogP contribution is 2.24. The number of anilines is 1. The third-order valence-corrected chi connectivity index (χ3v) is 5.27. The van der Waals surface area contributed by atoms with E-state index in [2.05, 4.69) is 15.4 Å². The molecule has 9 heteroatoms. The number of hydrogen-bond donors (Lipinski definition) is 1. The first-order chi connectivity index (χ1) is 12.4. The molecule has 2 aromatic heterocycles. The number of nitrogens with zero attached hydrogens (tertiary/aromatic N) is 3. The van der Waals surface area contributed by atoms with Gasteiger partial charge in [0.05, 0.1) is 18.0 Å². The van der Waals surface area contributed by atoms with Gasteiger partial charge in [0.25, 0.3) is 11.5 Å². The molecule has 0 aliphatic heterocycles. The van der Waals surface area contributed by atoms with E-state index in [0.717, 1.165) is 41.9 Å². The first kappa shape index (κ1) is 18.2. The van der Waals surface area contributed by atoms with E-state index >= 15 is 0 Å². The molecule has 2 heterocycles. The Balaban J connectivity index is 1.77. The van der Waals surface area contributed by atoms with Crippen molar-refractivity contribution in [2.75, 3.05) is 11.9 Å². The lowest BCUT2D eigenvalue weighted by atomic mass is 10.2. The number of rotatable bonds is 5. The lowest BCUT2D eigenvalue weighted by Crippen LogP contribution is -2.33. The topological polar surface area (TPSA) is 103 Å². The molecule has 1 unspecified atom stereocenters. The number of thiazole rings is 1. The van der Waals surface area contributed by atoms with Gasteiger partial charge in [0, 0.05) is 6.07 Å². The minimum atomic E-state index is -0.788. The molecular weight excluding hydrogens is 356 g/mol. The predicted octanol–water partition coefficient (Wildman–Crippen LogP) is 1.87. The second-order valence-electron chi connectivity index (χ2n) is 6.07. The normalized spacial score (nSPS) is 14.0. The average Bonchev–Trinajstić information content (AvgIpc) is 3.19. The van der Waals surface area contributed by atoms with Crippen molar-refractivity contribution in [1.82, 2.24) is 14.8 Å². The van der Waals surface area contributed by atoms with Gasteiger partial charge in [-0.25, -0.2) is 14.5 Å². The molecule has 1 N–H and O–H groups in total. The maximum absolute atomic E-state index is 12.5. The minimum absolute atomic E-state index is 0.266. The van der Waals surface area contributed by atoms with Crippen molar-refractivity contribution in [3.63, 3.8) is 0 Å². The quantitative estimate of drug-likeness (QED) is 0.799. The van der Waals surface area contributed by atoms with E-state index in [1.807, 2.05) is 0 Å². The molecule has 0 radical (unpaired) electrons. The van der Waals surface area contributed by atoms with E-state index in [4.69, 9.17) is 4.74 Å².